The number of hydrogen-bond donors (Lipinski definition) is 1. The number of hydrogen-bond acceptors (Lipinski definition) is 7. The maximum Gasteiger partial charge on any atom is 0.350 e. The van der Waals surface area contributed by atoms with Crippen LogP contribution in [0.3, 0.4) is 0 Å². The number of esters is 3. The number of anilines is 1. The molecule has 1 aliphatic heterocycles. The van der Waals surface area contributed by atoms with Gasteiger partial charge in [0.25, 0.3) is 5.79 Å². The van der Waals surface area contributed by atoms with E-state index >= 15 is 0 Å². The average molecular weight is 361 g/mol. The number of nitrogens with one attached hydrogen (secondary N) is 1. The Bertz CT molecular complexity index is 681. The van der Waals surface area contributed by atoms with E-state index in [1.165, 1.54) is 6.20 Å². The lowest BCUT2D eigenvalue weighted by molar-refractivity contribution is -0.237. The van der Waals surface area contributed by atoms with Crippen molar-refractivity contribution in [3.63, 3.8) is 0 Å². The van der Waals surface area contributed by atoms with Gasteiger partial charge in [-0.2, -0.15) is 0 Å². The minimum Gasteiger partial charge on any atom is -0.462 e. The van der Waals surface area contributed by atoms with E-state index in [1.54, 1.807) is 38.1 Å². The highest BCUT2D eigenvalue weighted by Gasteiger charge is 2.43. The van der Waals surface area contributed by atoms with Crippen LogP contribution in [-0.4, -0.2) is 30.3 Å². The Labute approximate surface area is 152 Å². The first-order valence-electron chi connectivity index (χ1n) is 8.65. The zero-order chi connectivity index (χ0) is 19.2. The molecule has 0 aromatic heterocycles. The van der Waals surface area contributed by atoms with Gasteiger partial charge in [-0.3, -0.25) is 0 Å². The molecule has 1 aromatic rings. The van der Waals surface area contributed by atoms with Gasteiger partial charge < -0.3 is 19.5 Å². The number of benzene rings is 1. The predicted octanol–water partition coefficient (Wildman–Crippen LogP) is 3.17. The highest BCUT2D eigenvalue weighted by molar-refractivity contribution is 6.15. The van der Waals surface area contributed by atoms with Crippen LogP contribution in [0.4, 0.5) is 5.69 Å². The van der Waals surface area contributed by atoms with Crippen molar-refractivity contribution in [2.45, 2.75) is 45.8 Å². The van der Waals surface area contributed by atoms with Crippen LogP contribution in [0.25, 0.3) is 0 Å². The van der Waals surface area contributed by atoms with Gasteiger partial charge in [0.05, 0.1) is 12.2 Å². The second kappa shape index (κ2) is 8.51. The molecule has 0 amide bonds. The molecule has 1 aromatic carbocycles. The van der Waals surface area contributed by atoms with E-state index in [1.807, 2.05) is 6.92 Å². The molecule has 140 valence electrons. The van der Waals surface area contributed by atoms with Crippen molar-refractivity contribution in [1.82, 2.24) is 0 Å². The summed E-state index contributed by atoms with van der Waals surface area (Å²) in [6, 6.07) is 6.47. The zero-order valence-electron chi connectivity index (χ0n) is 15.2. The molecule has 0 atom stereocenters. The fourth-order valence-electron chi connectivity index (χ4n) is 2.34. The van der Waals surface area contributed by atoms with Crippen LogP contribution in [0.1, 0.15) is 50.4 Å². The number of cyclic esters (lactones) is 2. The fourth-order valence-corrected chi connectivity index (χ4v) is 2.34. The Morgan fingerprint density at radius 1 is 1.08 bits per heavy atom. The van der Waals surface area contributed by atoms with Crippen LogP contribution in [-0.2, 0) is 23.8 Å². The summed E-state index contributed by atoms with van der Waals surface area (Å²) in [5, 5.41) is 2.83. The van der Waals surface area contributed by atoms with Crippen molar-refractivity contribution in [3.05, 3.63) is 41.6 Å². The van der Waals surface area contributed by atoms with Gasteiger partial charge in [-0.15, -0.1) is 0 Å². The van der Waals surface area contributed by atoms with Crippen molar-refractivity contribution in [1.29, 1.82) is 0 Å². The van der Waals surface area contributed by atoms with Crippen LogP contribution >= 0.6 is 0 Å². The minimum absolute atomic E-state index is 0.214. The lowest BCUT2D eigenvalue weighted by Gasteiger charge is -2.34. The molecule has 26 heavy (non-hydrogen) atoms. The third kappa shape index (κ3) is 4.41. The largest absolute Gasteiger partial charge is 0.462 e. The molecule has 0 unspecified atom stereocenters. The van der Waals surface area contributed by atoms with Crippen LogP contribution in [0.15, 0.2) is 36.0 Å². The highest BCUT2D eigenvalue weighted by atomic mass is 16.7. The smallest absolute Gasteiger partial charge is 0.350 e. The van der Waals surface area contributed by atoms with Gasteiger partial charge in [0, 0.05) is 24.7 Å². The van der Waals surface area contributed by atoms with E-state index in [-0.39, 0.29) is 5.57 Å². The Morgan fingerprint density at radius 2 is 1.65 bits per heavy atom. The second-order valence-electron chi connectivity index (χ2n) is 5.81. The summed E-state index contributed by atoms with van der Waals surface area (Å²) >= 11 is 0. The highest BCUT2D eigenvalue weighted by Crippen LogP contribution is 2.29. The van der Waals surface area contributed by atoms with Crippen molar-refractivity contribution in [3.8, 4) is 0 Å². The lowest BCUT2D eigenvalue weighted by atomic mass is 10.1. The Hall–Kier alpha value is -2.83. The summed E-state index contributed by atoms with van der Waals surface area (Å²) in [5.41, 5.74) is 0.797. The molecule has 0 saturated carbocycles. The normalized spacial score (nSPS) is 15.7. The molecule has 1 N–H and O–H groups in total. The van der Waals surface area contributed by atoms with Gasteiger partial charge in [0.15, 0.2) is 5.57 Å². The van der Waals surface area contributed by atoms with Gasteiger partial charge in [0.1, 0.15) is 0 Å². The molecule has 1 saturated heterocycles. The van der Waals surface area contributed by atoms with Gasteiger partial charge in [-0.25, -0.2) is 14.4 Å². The molecule has 0 aliphatic carbocycles. The molecule has 2 rings (SSSR count). The summed E-state index contributed by atoms with van der Waals surface area (Å²) in [6.45, 7) is 5.85. The van der Waals surface area contributed by atoms with Crippen LogP contribution in [0.5, 0.6) is 0 Å². The van der Waals surface area contributed by atoms with E-state index in [0.29, 0.717) is 30.7 Å². The Morgan fingerprint density at radius 3 is 2.15 bits per heavy atom. The maximum absolute atomic E-state index is 12.1. The molecule has 7 nitrogen and oxygen atoms in total. The first kappa shape index (κ1) is 19.5. The van der Waals surface area contributed by atoms with E-state index in [4.69, 9.17) is 14.2 Å². The molecule has 1 aliphatic rings. The second-order valence-corrected chi connectivity index (χ2v) is 5.81. The Kier molecular flexibility index (Phi) is 6.38. The lowest BCUT2D eigenvalue weighted by Crippen LogP contribution is -2.45. The van der Waals surface area contributed by atoms with Crippen LogP contribution < -0.4 is 5.32 Å². The third-order valence-corrected chi connectivity index (χ3v) is 4.02. The van der Waals surface area contributed by atoms with Gasteiger partial charge >= 0.3 is 17.9 Å². The van der Waals surface area contributed by atoms with Crippen LogP contribution in [0.2, 0.25) is 0 Å². The van der Waals surface area contributed by atoms with Gasteiger partial charge in [0.2, 0.25) is 0 Å². The molecule has 0 spiro atoms. The topological polar surface area (TPSA) is 90.9 Å². The SMILES string of the molecule is CCCOC(=O)c1ccc(NC=C2C(=O)OC(CC)(CC)OC2=O)cc1. The quantitative estimate of drug-likeness (QED) is 0.453. The van der Waals surface area contributed by atoms with Crippen molar-refractivity contribution >= 4 is 23.6 Å². The number of carbonyl (C=O) groups is 3. The molecule has 1 fully saturated rings. The molecule has 0 radical (unpaired) electrons. The van der Waals surface area contributed by atoms with Crippen molar-refractivity contribution in [2.24, 2.45) is 0 Å². The summed E-state index contributed by atoms with van der Waals surface area (Å²) in [7, 11) is 0. The molecule has 0 bridgehead atoms. The van der Waals surface area contributed by atoms with Crippen molar-refractivity contribution < 1.29 is 28.6 Å². The summed E-state index contributed by atoms with van der Waals surface area (Å²) in [6.07, 6.45) is 2.77. The number of rotatable bonds is 7. The minimum atomic E-state index is -1.19. The van der Waals surface area contributed by atoms with Gasteiger partial charge in [-0.1, -0.05) is 20.8 Å². The predicted molar refractivity (Wildman–Crippen MR) is 94.2 cm³/mol. The molecular weight excluding hydrogens is 338 g/mol. The van der Waals surface area contributed by atoms with E-state index in [9.17, 15) is 14.4 Å². The monoisotopic (exact) mass is 361 g/mol. The van der Waals surface area contributed by atoms with Gasteiger partial charge in [-0.05, 0) is 30.7 Å². The number of carbonyl (C=O) groups excluding carboxylic acids is 3. The molecule has 7 heteroatoms. The molecular formula is C19H23NO6. The van der Waals surface area contributed by atoms with Crippen LogP contribution in [0, 0.1) is 0 Å². The van der Waals surface area contributed by atoms with E-state index in [2.05, 4.69) is 5.32 Å². The zero-order valence-corrected chi connectivity index (χ0v) is 15.2. The third-order valence-electron chi connectivity index (χ3n) is 4.02. The van der Waals surface area contributed by atoms with E-state index in [0.717, 1.165) is 6.42 Å². The first-order valence-corrected chi connectivity index (χ1v) is 8.65. The fraction of sp³-hybridized carbons (Fsp3) is 0.421. The maximum atomic E-state index is 12.1. The van der Waals surface area contributed by atoms with E-state index < -0.39 is 23.7 Å². The number of ether oxygens (including phenoxy) is 3. The molecule has 1 heterocycles. The average Bonchev–Trinajstić information content (AvgIpc) is 2.65. The Balaban J connectivity index is 2.04. The summed E-state index contributed by atoms with van der Waals surface area (Å²) in [4.78, 5) is 36.0. The first-order chi connectivity index (χ1) is 12.4. The van der Waals surface area contributed by atoms with Crippen molar-refractivity contribution in [2.75, 3.05) is 11.9 Å². The standard InChI is InChI=1S/C19H23NO6/c1-4-11-24-16(21)13-7-9-14(10-8-13)20-12-15-17(22)25-19(5-2,6-3)26-18(15)23/h7-10,12,20H,4-6,11H2,1-3H3. The summed E-state index contributed by atoms with van der Waals surface area (Å²) < 4.78 is 15.6. The summed E-state index contributed by atoms with van der Waals surface area (Å²) in [5.74, 6) is -3.03.